The van der Waals surface area contributed by atoms with Gasteiger partial charge in [-0.15, -0.1) is 0 Å². The Kier molecular flexibility index (Phi) is 6.19. The number of phenolic OH excluding ortho intramolecular Hbond substituents is 1. The average Bonchev–Trinajstić information content (AvgIpc) is 3.25. The van der Waals surface area contributed by atoms with Crippen molar-refractivity contribution >= 4 is 33.4 Å². The SMILES string of the molecule is CN(C)C(=O)CCOc1nc(N2C[C@H]3CC[C@@H](C2)N3)c2cnc(-c3cc(O)cc4ccccc34)c(F)c2n1. The number of carbonyl (C=O) groups is 1. The molecule has 1 amide bonds. The van der Waals surface area contributed by atoms with Crippen LogP contribution in [0.25, 0.3) is 32.9 Å². The molecule has 0 aliphatic carbocycles. The van der Waals surface area contributed by atoms with E-state index < -0.39 is 5.82 Å². The van der Waals surface area contributed by atoms with Crippen LogP contribution in [0.1, 0.15) is 19.3 Å². The molecule has 0 radical (unpaired) electrons. The van der Waals surface area contributed by atoms with Gasteiger partial charge < -0.3 is 25.0 Å². The van der Waals surface area contributed by atoms with Crippen molar-refractivity contribution in [2.24, 2.45) is 0 Å². The fraction of sp³-hybridized carbons (Fsp3) is 0.357. The van der Waals surface area contributed by atoms with Gasteiger partial charge in [0.15, 0.2) is 5.82 Å². The lowest BCUT2D eigenvalue weighted by molar-refractivity contribution is -0.129. The van der Waals surface area contributed by atoms with Crippen molar-refractivity contribution in [2.75, 3.05) is 38.7 Å². The molecular formula is C28H29FN6O3. The number of benzene rings is 2. The van der Waals surface area contributed by atoms with Crippen molar-refractivity contribution in [1.29, 1.82) is 0 Å². The summed E-state index contributed by atoms with van der Waals surface area (Å²) in [5, 5.41) is 16.0. The minimum atomic E-state index is -0.616. The molecule has 9 nitrogen and oxygen atoms in total. The minimum Gasteiger partial charge on any atom is -0.508 e. The van der Waals surface area contributed by atoms with Gasteiger partial charge in [0.05, 0.1) is 11.8 Å². The van der Waals surface area contributed by atoms with Crippen molar-refractivity contribution in [3.8, 4) is 23.0 Å². The standard InChI is InChI=1S/C28H29FN6O3/c1-34(2)23(37)9-10-38-28-32-26-22(27(33-28)35-14-17-7-8-18(15-35)31-17)13-30-25(24(26)29)21-12-19(36)11-16-5-3-4-6-20(16)21/h3-6,11-13,17-18,31,36H,7-10,14-15H2,1-2H3/t17-,18+. The average molecular weight is 517 g/mol. The molecule has 0 spiro atoms. The quantitative estimate of drug-likeness (QED) is 0.402. The topological polar surface area (TPSA) is 104 Å². The molecule has 6 rings (SSSR count). The summed E-state index contributed by atoms with van der Waals surface area (Å²) in [6, 6.07) is 11.3. The number of nitrogens with zero attached hydrogens (tertiary/aromatic N) is 5. The van der Waals surface area contributed by atoms with Gasteiger partial charge in [-0.2, -0.15) is 9.97 Å². The Bertz CT molecular complexity index is 1530. The van der Waals surface area contributed by atoms with Gasteiger partial charge in [0.2, 0.25) is 5.91 Å². The van der Waals surface area contributed by atoms with Crippen molar-refractivity contribution in [1.82, 2.24) is 25.2 Å². The third kappa shape index (κ3) is 4.45. The first kappa shape index (κ1) is 24.3. The fourth-order valence-corrected chi connectivity index (χ4v) is 5.43. The predicted octanol–water partition coefficient (Wildman–Crippen LogP) is 3.49. The van der Waals surface area contributed by atoms with E-state index in [1.54, 1.807) is 26.4 Å². The summed E-state index contributed by atoms with van der Waals surface area (Å²) in [5.74, 6) is -0.109. The van der Waals surface area contributed by atoms with Crippen molar-refractivity contribution in [3.05, 3.63) is 48.4 Å². The maximum atomic E-state index is 16.3. The molecule has 0 unspecified atom stereocenters. The van der Waals surface area contributed by atoms with Crippen LogP contribution in [0.2, 0.25) is 0 Å². The number of carbonyl (C=O) groups excluding carboxylic acids is 1. The Morgan fingerprint density at radius 2 is 1.92 bits per heavy atom. The summed E-state index contributed by atoms with van der Waals surface area (Å²) in [5.41, 5.74) is 0.648. The number of amides is 1. The highest BCUT2D eigenvalue weighted by molar-refractivity contribution is 5.99. The van der Waals surface area contributed by atoms with Crippen LogP contribution in [-0.2, 0) is 4.79 Å². The molecule has 2 aromatic carbocycles. The zero-order valence-electron chi connectivity index (χ0n) is 21.3. The molecule has 4 heterocycles. The Balaban J connectivity index is 1.46. The van der Waals surface area contributed by atoms with E-state index >= 15 is 4.39 Å². The number of hydrogen-bond acceptors (Lipinski definition) is 8. The fourth-order valence-electron chi connectivity index (χ4n) is 5.43. The summed E-state index contributed by atoms with van der Waals surface area (Å²) in [7, 11) is 3.36. The minimum absolute atomic E-state index is 0.0155. The number of hydrogen-bond donors (Lipinski definition) is 2. The van der Waals surface area contributed by atoms with Gasteiger partial charge in [0, 0.05) is 51.0 Å². The third-order valence-electron chi connectivity index (χ3n) is 7.31. The number of piperazine rings is 1. The van der Waals surface area contributed by atoms with E-state index in [0.717, 1.165) is 36.7 Å². The largest absolute Gasteiger partial charge is 0.508 e. The van der Waals surface area contributed by atoms with Crippen molar-refractivity contribution in [2.45, 2.75) is 31.3 Å². The highest BCUT2D eigenvalue weighted by Gasteiger charge is 2.34. The van der Waals surface area contributed by atoms with E-state index in [4.69, 9.17) is 4.74 Å². The normalized spacial score (nSPS) is 18.8. The van der Waals surface area contributed by atoms with Gasteiger partial charge in [-0.1, -0.05) is 24.3 Å². The summed E-state index contributed by atoms with van der Waals surface area (Å²) in [6.45, 7) is 1.55. The lowest BCUT2D eigenvalue weighted by Gasteiger charge is -2.34. The first-order valence-corrected chi connectivity index (χ1v) is 12.8. The number of phenols is 1. The number of pyridine rings is 1. The molecule has 38 heavy (non-hydrogen) atoms. The molecular weight excluding hydrogens is 487 g/mol. The highest BCUT2D eigenvalue weighted by atomic mass is 19.1. The molecule has 196 valence electrons. The van der Waals surface area contributed by atoms with Gasteiger partial charge in [-0.3, -0.25) is 9.78 Å². The van der Waals surface area contributed by atoms with E-state index in [-0.39, 0.29) is 41.9 Å². The molecule has 2 aliphatic heterocycles. The molecule has 4 aromatic rings. The number of aromatic nitrogens is 3. The molecule has 2 N–H and O–H groups in total. The van der Waals surface area contributed by atoms with Crippen LogP contribution >= 0.6 is 0 Å². The maximum Gasteiger partial charge on any atom is 0.319 e. The van der Waals surface area contributed by atoms with Crippen LogP contribution in [0.15, 0.2) is 42.6 Å². The van der Waals surface area contributed by atoms with Crippen molar-refractivity contribution in [3.63, 3.8) is 0 Å². The number of fused-ring (bicyclic) bond motifs is 4. The van der Waals surface area contributed by atoms with Gasteiger partial charge in [0.25, 0.3) is 0 Å². The van der Waals surface area contributed by atoms with Gasteiger partial charge in [-0.25, -0.2) is 4.39 Å². The number of anilines is 1. The van der Waals surface area contributed by atoms with E-state index in [1.165, 1.54) is 11.0 Å². The Hall–Kier alpha value is -4.05. The lowest BCUT2D eigenvalue weighted by atomic mass is 10.0. The number of rotatable bonds is 6. The Labute approximate surface area is 219 Å². The van der Waals surface area contributed by atoms with Crippen LogP contribution in [-0.4, -0.2) is 76.7 Å². The number of halogens is 1. The van der Waals surface area contributed by atoms with Crippen LogP contribution in [0, 0.1) is 5.82 Å². The number of ether oxygens (including phenoxy) is 1. The van der Waals surface area contributed by atoms with Crippen LogP contribution in [0.3, 0.4) is 0 Å². The second-order valence-electron chi connectivity index (χ2n) is 10.2. The van der Waals surface area contributed by atoms with Crippen LogP contribution < -0.4 is 15.0 Å². The number of aromatic hydroxyl groups is 1. The lowest BCUT2D eigenvalue weighted by Crippen LogP contribution is -2.51. The highest BCUT2D eigenvalue weighted by Crippen LogP contribution is 2.37. The second kappa shape index (κ2) is 9.68. The Morgan fingerprint density at radius 1 is 1.16 bits per heavy atom. The van der Waals surface area contributed by atoms with Crippen LogP contribution in [0.5, 0.6) is 11.8 Å². The zero-order chi connectivity index (χ0) is 26.4. The van der Waals surface area contributed by atoms with Crippen molar-refractivity contribution < 1.29 is 19.0 Å². The molecule has 2 aliphatic rings. The molecule has 2 saturated heterocycles. The van der Waals surface area contributed by atoms with Gasteiger partial charge >= 0.3 is 6.01 Å². The predicted molar refractivity (Wildman–Crippen MR) is 143 cm³/mol. The summed E-state index contributed by atoms with van der Waals surface area (Å²) < 4.78 is 22.1. The van der Waals surface area contributed by atoms with E-state index in [9.17, 15) is 9.90 Å². The van der Waals surface area contributed by atoms with E-state index in [1.807, 2.05) is 24.3 Å². The van der Waals surface area contributed by atoms with E-state index in [2.05, 4.69) is 25.2 Å². The second-order valence-corrected chi connectivity index (χ2v) is 10.2. The summed E-state index contributed by atoms with van der Waals surface area (Å²) >= 11 is 0. The monoisotopic (exact) mass is 516 g/mol. The molecule has 2 fully saturated rings. The van der Waals surface area contributed by atoms with Gasteiger partial charge in [-0.05, 0) is 35.7 Å². The number of nitrogens with one attached hydrogen (secondary N) is 1. The molecule has 0 saturated carbocycles. The maximum absolute atomic E-state index is 16.3. The van der Waals surface area contributed by atoms with Gasteiger partial charge in [0.1, 0.15) is 29.4 Å². The first-order chi connectivity index (χ1) is 18.4. The third-order valence-corrected chi connectivity index (χ3v) is 7.31. The molecule has 10 heteroatoms. The van der Waals surface area contributed by atoms with Crippen LogP contribution in [0.4, 0.5) is 10.2 Å². The smallest absolute Gasteiger partial charge is 0.319 e. The first-order valence-electron chi connectivity index (χ1n) is 12.8. The van der Waals surface area contributed by atoms with E-state index in [0.29, 0.717) is 28.9 Å². The Morgan fingerprint density at radius 3 is 2.68 bits per heavy atom. The zero-order valence-corrected chi connectivity index (χ0v) is 21.3. The molecule has 2 aromatic heterocycles. The molecule has 2 bridgehead atoms. The summed E-state index contributed by atoms with van der Waals surface area (Å²) in [6.07, 6.45) is 3.93. The summed E-state index contributed by atoms with van der Waals surface area (Å²) in [4.78, 5) is 29.3. The molecule has 2 atom stereocenters.